The highest BCUT2D eigenvalue weighted by Crippen LogP contribution is 2.41. The van der Waals surface area contributed by atoms with Crippen LogP contribution in [0, 0.1) is 5.92 Å². The molecule has 0 bridgehead atoms. The van der Waals surface area contributed by atoms with E-state index in [4.69, 9.17) is 16.3 Å². The van der Waals surface area contributed by atoms with Gasteiger partial charge in [0.05, 0.1) is 23.1 Å². The Morgan fingerprint density at radius 2 is 1.90 bits per heavy atom. The summed E-state index contributed by atoms with van der Waals surface area (Å²) >= 11 is 6.98. The van der Waals surface area contributed by atoms with Gasteiger partial charge in [-0.15, -0.1) is 11.3 Å². The molecule has 1 saturated heterocycles. The number of methoxy groups -OCH3 is 1. The monoisotopic (exact) mass is 609 g/mol. The van der Waals surface area contributed by atoms with Crippen LogP contribution in [0.3, 0.4) is 0 Å². The maximum absolute atomic E-state index is 13.4. The Bertz CT molecular complexity index is 1750. The SMILES string of the molecule is COc1ccc(CCN2C(=O)c3cccc4c(NC(=O)C5CCCN(S(=O)(=O)c6ccc(Cl)s6)C5)ccc2c34)cc1. The van der Waals surface area contributed by atoms with E-state index in [2.05, 4.69) is 5.32 Å². The zero-order valence-electron chi connectivity index (χ0n) is 22.3. The number of rotatable bonds is 8. The first kappa shape index (κ1) is 27.7. The standard InChI is InChI=1S/C30H28ClN3O5S2/c1-39-21-9-7-19(8-10-21)15-17-34-25-12-11-24(22-5-2-6-23(28(22)25)30(34)36)32-29(35)20-4-3-16-33(18-20)41(37,38)27-14-13-26(31)40-27/h2,5-14,20H,3-4,15-18H2,1H3,(H,32,35). The summed E-state index contributed by atoms with van der Waals surface area (Å²) in [5.74, 6) is -0.0211. The number of carbonyl (C=O) groups is 2. The largest absolute Gasteiger partial charge is 0.497 e. The molecule has 3 aromatic carbocycles. The smallest absolute Gasteiger partial charge is 0.259 e. The number of carbonyl (C=O) groups excluding carboxylic acids is 2. The fraction of sp³-hybridized carbons (Fsp3) is 0.267. The quantitative estimate of drug-likeness (QED) is 0.272. The van der Waals surface area contributed by atoms with Gasteiger partial charge in [-0.25, -0.2) is 8.42 Å². The molecule has 2 aliphatic rings. The molecule has 0 aliphatic carbocycles. The predicted molar refractivity (Wildman–Crippen MR) is 162 cm³/mol. The lowest BCUT2D eigenvalue weighted by Gasteiger charge is -2.31. The number of thiophene rings is 1. The van der Waals surface area contributed by atoms with E-state index in [1.54, 1.807) is 18.1 Å². The number of nitrogens with zero attached hydrogens (tertiary/aromatic N) is 2. The minimum Gasteiger partial charge on any atom is -0.497 e. The zero-order valence-corrected chi connectivity index (χ0v) is 24.7. The van der Waals surface area contributed by atoms with Crippen molar-refractivity contribution in [3.05, 3.63) is 82.2 Å². The second kappa shape index (κ2) is 11.1. The molecule has 1 aromatic heterocycles. The fourth-order valence-corrected chi connectivity index (χ4v) is 8.74. The molecule has 11 heteroatoms. The number of nitrogens with one attached hydrogen (secondary N) is 1. The van der Waals surface area contributed by atoms with E-state index in [9.17, 15) is 18.0 Å². The third-order valence-electron chi connectivity index (χ3n) is 7.72. The first-order chi connectivity index (χ1) is 19.8. The summed E-state index contributed by atoms with van der Waals surface area (Å²) < 4.78 is 33.4. The van der Waals surface area contributed by atoms with Crippen molar-refractivity contribution >= 4 is 66.9 Å². The van der Waals surface area contributed by atoms with Crippen molar-refractivity contribution in [1.29, 1.82) is 0 Å². The molecule has 0 saturated carbocycles. The maximum atomic E-state index is 13.4. The van der Waals surface area contributed by atoms with Crippen LogP contribution in [0.2, 0.25) is 4.34 Å². The van der Waals surface area contributed by atoms with Crippen LogP contribution in [0.1, 0.15) is 28.8 Å². The van der Waals surface area contributed by atoms with Gasteiger partial charge in [0.15, 0.2) is 0 Å². The van der Waals surface area contributed by atoms with Crippen molar-refractivity contribution in [2.45, 2.75) is 23.5 Å². The highest BCUT2D eigenvalue weighted by atomic mass is 35.5. The van der Waals surface area contributed by atoms with Crippen LogP contribution in [0.15, 0.2) is 70.9 Å². The lowest BCUT2D eigenvalue weighted by molar-refractivity contribution is -0.120. The van der Waals surface area contributed by atoms with Crippen molar-refractivity contribution in [1.82, 2.24) is 4.31 Å². The number of sulfonamides is 1. The maximum Gasteiger partial charge on any atom is 0.259 e. The van der Waals surface area contributed by atoms with Gasteiger partial charge in [0, 0.05) is 41.7 Å². The molecule has 212 valence electrons. The number of piperidine rings is 1. The average Bonchev–Trinajstić information content (AvgIpc) is 3.55. The molecule has 1 N–H and O–H groups in total. The molecule has 1 unspecified atom stereocenters. The minimum absolute atomic E-state index is 0.0654. The zero-order chi connectivity index (χ0) is 28.7. The van der Waals surface area contributed by atoms with E-state index in [1.165, 1.54) is 10.4 Å². The highest BCUT2D eigenvalue weighted by molar-refractivity contribution is 7.91. The molecule has 1 atom stereocenters. The van der Waals surface area contributed by atoms with E-state index in [1.807, 2.05) is 54.6 Å². The molecule has 3 heterocycles. The Hall–Kier alpha value is -3.44. The molecule has 0 radical (unpaired) electrons. The summed E-state index contributed by atoms with van der Waals surface area (Å²) in [4.78, 5) is 28.6. The predicted octanol–water partition coefficient (Wildman–Crippen LogP) is 5.81. The first-order valence-corrected chi connectivity index (χ1v) is 16.0. The normalized spacial score (nSPS) is 17.3. The molecule has 8 nitrogen and oxygen atoms in total. The van der Waals surface area contributed by atoms with Gasteiger partial charge in [0.2, 0.25) is 5.91 Å². The lowest BCUT2D eigenvalue weighted by Crippen LogP contribution is -2.43. The molecular formula is C30H28ClN3O5S2. The van der Waals surface area contributed by atoms with Gasteiger partial charge in [0.25, 0.3) is 15.9 Å². The molecule has 1 fully saturated rings. The summed E-state index contributed by atoms with van der Waals surface area (Å²) in [5.41, 5.74) is 3.12. The Balaban J connectivity index is 1.20. The van der Waals surface area contributed by atoms with Gasteiger partial charge in [-0.1, -0.05) is 35.9 Å². The second-order valence-electron chi connectivity index (χ2n) is 10.2. The number of ether oxygens (including phenoxy) is 1. The number of hydrogen-bond donors (Lipinski definition) is 1. The van der Waals surface area contributed by atoms with Crippen molar-refractivity contribution in [2.24, 2.45) is 5.92 Å². The lowest BCUT2D eigenvalue weighted by atomic mass is 9.98. The number of anilines is 2. The van der Waals surface area contributed by atoms with Gasteiger partial charge in [-0.05, 0) is 67.3 Å². The van der Waals surface area contributed by atoms with Crippen molar-refractivity contribution in [3.63, 3.8) is 0 Å². The third kappa shape index (κ3) is 5.21. The first-order valence-electron chi connectivity index (χ1n) is 13.3. The van der Waals surface area contributed by atoms with Crippen LogP contribution in [-0.2, 0) is 21.2 Å². The van der Waals surface area contributed by atoms with Crippen LogP contribution in [-0.4, -0.2) is 51.3 Å². The molecule has 2 amide bonds. The van der Waals surface area contributed by atoms with E-state index in [0.717, 1.165) is 39.1 Å². The highest BCUT2D eigenvalue weighted by Gasteiger charge is 2.35. The molecule has 2 aliphatic heterocycles. The fourth-order valence-electron chi connectivity index (χ4n) is 5.58. The third-order valence-corrected chi connectivity index (χ3v) is 11.3. The van der Waals surface area contributed by atoms with Crippen molar-refractivity contribution in [3.8, 4) is 5.75 Å². The molecule has 0 spiro atoms. The van der Waals surface area contributed by atoms with Crippen LogP contribution < -0.4 is 15.0 Å². The van der Waals surface area contributed by atoms with Crippen molar-refractivity contribution in [2.75, 3.05) is 37.0 Å². The van der Waals surface area contributed by atoms with E-state index in [-0.39, 0.29) is 22.6 Å². The molecule has 4 aromatic rings. The van der Waals surface area contributed by atoms with Gasteiger partial charge >= 0.3 is 0 Å². The summed E-state index contributed by atoms with van der Waals surface area (Å²) in [5, 5.41) is 4.62. The van der Waals surface area contributed by atoms with E-state index >= 15 is 0 Å². The Kier molecular flexibility index (Phi) is 7.50. The second-order valence-corrected chi connectivity index (χ2v) is 14.0. The molecular weight excluding hydrogens is 582 g/mol. The van der Waals surface area contributed by atoms with Gasteiger partial charge in [-0.2, -0.15) is 4.31 Å². The summed E-state index contributed by atoms with van der Waals surface area (Å²) in [6, 6.07) is 20.1. The van der Waals surface area contributed by atoms with E-state index in [0.29, 0.717) is 47.9 Å². The summed E-state index contributed by atoms with van der Waals surface area (Å²) in [6.45, 7) is 0.974. The topological polar surface area (TPSA) is 96.0 Å². The number of halogens is 1. The molecule has 6 rings (SSSR count). The Morgan fingerprint density at radius 3 is 2.63 bits per heavy atom. The number of amides is 2. The van der Waals surface area contributed by atoms with Crippen molar-refractivity contribution < 1.29 is 22.7 Å². The number of hydrogen-bond acceptors (Lipinski definition) is 6. The number of benzene rings is 3. The van der Waals surface area contributed by atoms with Crippen LogP contribution in [0.25, 0.3) is 10.8 Å². The van der Waals surface area contributed by atoms with Crippen LogP contribution in [0.5, 0.6) is 5.75 Å². The van der Waals surface area contributed by atoms with E-state index < -0.39 is 15.9 Å². The minimum atomic E-state index is -3.72. The van der Waals surface area contributed by atoms with Crippen LogP contribution in [0.4, 0.5) is 11.4 Å². The van der Waals surface area contributed by atoms with Gasteiger partial charge in [0.1, 0.15) is 9.96 Å². The average molecular weight is 610 g/mol. The Morgan fingerprint density at radius 1 is 1.10 bits per heavy atom. The van der Waals surface area contributed by atoms with Gasteiger partial charge in [-0.3, -0.25) is 9.59 Å². The molecule has 41 heavy (non-hydrogen) atoms. The summed E-state index contributed by atoms with van der Waals surface area (Å²) in [7, 11) is -2.09. The Labute approximate surface area is 247 Å². The van der Waals surface area contributed by atoms with Crippen LogP contribution >= 0.6 is 22.9 Å². The summed E-state index contributed by atoms with van der Waals surface area (Å²) in [6.07, 6.45) is 1.85. The van der Waals surface area contributed by atoms with Gasteiger partial charge < -0.3 is 15.0 Å².